The molecule has 2 nitrogen and oxygen atoms in total. The first-order valence-electron chi connectivity index (χ1n) is 6.81. The summed E-state index contributed by atoms with van der Waals surface area (Å²) < 4.78 is 1.23. The highest BCUT2D eigenvalue weighted by Crippen LogP contribution is 2.22. The van der Waals surface area contributed by atoms with E-state index in [9.17, 15) is 0 Å². The van der Waals surface area contributed by atoms with Crippen LogP contribution >= 0.6 is 27.3 Å². The van der Waals surface area contributed by atoms with E-state index in [0.717, 1.165) is 12.6 Å². The van der Waals surface area contributed by atoms with E-state index in [1.165, 1.54) is 41.6 Å². The van der Waals surface area contributed by atoms with Gasteiger partial charge >= 0.3 is 0 Å². The summed E-state index contributed by atoms with van der Waals surface area (Å²) in [7, 11) is 2.23. The van der Waals surface area contributed by atoms with E-state index in [-0.39, 0.29) is 0 Å². The molecule has 0 bridgehead atoms. The fourth-order valence-corrected chi connectivity index (χ4v) is 3.28. The van der Waals surface area contributed by atoms with Crippen molar-refractivity contribution >= 4 is 27.3 Å². The van der Waals surface area contributed by atoms with Crippen molar-refractivity contribution in [1.82, 2.24) is 10.2 Å². The molecule has 1 atom stereocenters. The maximum Gasteiger partial charge on any atom is 0.0701 e. The Morgan fingerprint density at radius 1 is 1.56 bits per heavy atom. The Morgan fingerprint density at radius 3 is 2.94 bits per heavy atom. The second-order valence-electron chi connectivity index (χ2n) is 5.39. The molecule has 2 rings (SSSR count). The van der Waals surface area contributed by atoms with Gasteiger partial charge in [0, 0.05) is 18.6 Å². The largest absolute Gasteiger partial charge is 0.314 e. The topological polar surface area (TPSA) is 15.3 Å². The summed E-state index contributed by atoms with van der Waals surface area (Å²) in [6, 6.07) is 3.73. The van der Waals surface area contributed by atoms with Crippen LogP contribution in [0.4, 0.5) is 0 Å². The zero-order valence-corrected chi connectivity index (χ0v) is 13.7. The van der Waals surface area contributed by atoms with Crippen LogP contribution in [0.15, 0.2) is 15.2 Å². The minimum Gasteiger partial charge on any atom is -0.314 e. The van der Waals surface area contributed by atoms with Crippen LogP contribution in [-0.4, -0.2) is 30.6 Å². The fourth-order valence-electron chi connectivity index (χ4n) is 2.08. The Morgan fingerprint density at radius 2 is 2.33 bits per heavy atom. The Balaban J connectivity index is 1.62. The normalized spacial score (nSPS) is 17.3. The summed E-state index contributed by atoms with van der Waals surface area (Å²) in [4.78, 5) is 2.45. The van der Waals surface area contributed by atoms with Crippen molar-refractivity contribution in [2.45, 2.75) is 51.2 Å². The van der Waals surface area contributed by atoms with Gasteiger partial charge in [-0.1, -0.05) is 0 Å². The van der Waals surface area contributed by atoms with Gasteiger partial charge in [-0.2, -0.15) is 0 Å². The molecule has 1 unspecified atom stereocenters. The van der Waals surface area contributed by atoms with E-state index in [1.54, 1.807) is 11.3 Å². The smallest absolute Gasteiger partial charge is 0.0701 e. The van der Waals surface area contributed by atoms with Crippen molar-refractivity contribution in [3.8, 4) is 0 Å². The molecule has 0 radical (unpaired) electrons. The maximum atomic E-state index is 3.58. The molecular formula is C14H23BrN2S. The Labute approximate surface area is 123 Å². The average molecular weight is 331 g/mol. The summed E-state index contributed by atoms with van der Waals surface area (Å²) in [5, 5.41) is 5.82. The molecule has 0 aliphatic heterocycles. The Bertz CT molecular complexity index is 362. The van der Waals surface area contributed by atoms with E-state index in [1.807, 2.05) is 0 Å². The molecule has 1 heterocycles. The highest BCUT2D eigenvalue weighted by atomic mass is 79.9. The molecular weight excluding hydrogens is 308 g/mol. The second kappa shape index (κ2) is 7.04. The van der Waals surface area contributed by atoms with Crippen LogP contribution in [0, 0.1) is 0 Å². The summed E-state index contributed by atoms with van der Waals surface area (Å²) in [5.41, 5.74) is 1.41. The third-order valence-electron chi connectivity index (χ3n) is 3.62. The van der Waals surface area contributed by atoms with Crippen molar-refractivity contribution in [3.63, 3.8) is 0 Å². The molecule has 18 heavy (non-hydrogen) atoms. The first kappa shape index (κ1) is 14.5. The van der Waals surface area contributed by atoms with Gasteiger partial charge in [-0.05, 0) is 79.1 Å². The summed E-state index contributed by atoms with van der Waals surface area (Å²) in [6.45, 7) is 4.57. The first-order valence-corrected chi connectivity index (χ1v) is 8.49. The summed E-state index contributed by atoms with van der Waals surface area (Å²) in [6.07, 6.45) is 5.35. The van der Waals surface area contributed by atoms with Crippen molar-refractivity contribution in [1.29, 1.82) is 0 Å². The van der Waals surface area contributed by atoms with E-state index in [4.69, 9.17) is 0 Å². The molecule has 102 valence electrons. The van der Waals surface area contributed by atoms with Crippen LogP contribution in [0.5, 0.6) is 0 Å². The number of thiophene rings is 1. The van der Waals surface area contributed by atoms with Gasteiger partial charge in [-0.15, -0.1) is 11.3 Å². The van der Waals surface area contributed by atoms with E-state index < -0.39 is 0 Å². The third kappa shape index (κ3) is 5.00. The quantitative estimate of drug-likeness (QED) is 0.728. The van der Waals surface area contributed by atoms with E-state index in [0.29, 0.717) is 6.04 Å². The van der Waals surface area contributed by atoms with Gasteiger partial charge < -0.3 is 5.32 Å². The lowest BCUT2D eigenvalue weighted by atomic mass is 10.1. The number of nitrogens with zero attached hydrogens (tertiary/aromatic N) is 1. The molecule has 1 aliphatic carbocycles. The standard InChI is InChI=1S/C14H23BrN2S/c1-11(4-3-7-16-13-5-6-13)17(2)9-12-8-14(15)18-10-12/h8,10-11,13,16H,3-7,9H2,1-2H3. The Kier molecular flexibility index (Phi) is 5.67. The number of hydrogen-bond acceptors (Lipinski definition) is 3. The van der Waals surface area contributed by atoms with Crippen molar-refractivity contribution in [3.05, 3.63) is 20.8 Å². The first-order chi connectivity index (χ1) is 8.65. The van der Waals surface area contributed by atoms with Gasteiger partial charge in [0.2, 0.25) is 0 Å². The van der Waals surface area contributed by atoms with Crippen molar-refractivity contribution in [2.24, 2.45) is 0 Å². The molecule has 1 N–H and O–H groups in total. The zero-order chi connectivity index (χ0) is 13.0. The minimum absolute atomic E-state index is 0.657. The monoisotopic (exact) mass is 330 g/mol. The van der Waals surface area contributed by atoms with Crippen LogP contribution in [0.25, 0.3) is 0 Å². The number of nitrogens with one attached hydrogen (secondary N) is 1. The Hall–Kier alpha value is 0.100. The van der Waals surface area contributed by atoms with Gasteiger partial charge in [0.05, 0.1) is 3.79 Å². The van der Waals surface area contributed by atoms with Crippen LogP contribution in [0.3, 0.4) is 0 Å². The number of halogens is 1. The predicted octanol–water partition coefficient (Wildman–Crippen LogP) is 3.86. The second-order valence-corrected chi connectivity index (χ2v) is 7.68. The number of rotatable bonds is 8. The van der Waals surface area contributed by atoms with Crippen LogP contribution in [0.1, 0.15) is 38.2 Å². The molecule has 0 amide bonds. The molecule has 0 saturated heterocycles. The van der Waals surface area contributed by atoms with Gasteiger partial charge in [0.15, 0.2) is 0 Å². The van der Waals surface area contributed by atoms with Gasteiger partial charge in [-0.25, -0.2) is 0 Å². The third-order valence-corrected chi connectivity index (χ3v) is 5.17. The SMILES string of the molecule is CC(CCCNC1CC1)N(C)Cc1csc(Br)c1. The molecule has 1 aliphatic rings. The molecule has 1 aromatic rings. The lowest BCUT2D eigenvalue weighted by molar-refractivity contribution is 0.234. The minimum atomic E-state index is 0.657. The summed E-state index contributed by atoms with van der Waals surface area (Å²) in [5.74, 6) is 0. The van der Waals surface area contributed by atoms with Crippen LogP contribution in [0.2, 0.25) is 0 Å². The highest BCUT2D eigenvalue weighted by Gasteiger charge is 2.19. The predicted molar refractivity (Wildman–Crippen MR) is 83.2 cm³/mol. The fraction of sp³-hybridized carbons (Fsp3) is 0.714. The molecule has 1 saturated carbocycles. The average Bonchev–Trinajstić information content (AvgIpc) is 3.08. The lowest BCUT2D eigenvalue weighted by Crippen LogP contribution is -2.29. The van der Waals surface area contributed by atoms with Gasteiger partial charge in [0.25, 0.3) is 0 Å². The molecule has 0 spiro atoms. The van der Waals surface area contributed by atoms with Crippen molar-refractivity contribution < 1.29 is 0 Å². The number of hydrogen-bond donors (Lipinski definition) is 1. The van der Waals surface area contributed by atoms with Crippen LogP contribution in [-0.2, 0) is 6.54 Å². The van der Waals surface area contributed by atoms with Crippen molar-refractivity contribution in [2.75, 3.05) is 13.6 Å². The van der Waals surface area contributed by atoms with E-state index in [2.05, 4.69) is 51.6 Å². The molecule has 1 fully saturated rings. The lowest BCUT2D eigenvalue weighted by Gasteiger charge is -2.24. The van der Waals surface area contributed by atoms with E-state index >= 15 is 0 Å². The summed E-state index contributed by atoms with van der Waals surface area (Å²) >= 11 is 5.29. The molecule has 4 heteroatoms. The van der Waals surface area contributed by atoms with Gasteiger partial charge in [0.1, 0.15) is 0 Å². The molecule has 0 aromatic carbocycles. The zero-order valence-electron chi connectivity index (χ0n) is 11.3. The highest BCUT2D eigenvalue weighted by molar-refractivity contribution is 9.11. The van der Waals surface area contributed by atoms with Gasteiger partial charge in [-0.3, -0.25) is 4.90 Å². The maximum absolute atomic E-state index is 3.58. The molecule has 1 aromatic heterocycles. The van der Waals surface area contributed by atoms with Crippen LogP contribution < -0.4 is 5.32 Å².